The van der Waals surface area contributed by atoms with Crippen LogP contribution in [-0.2, 0) is 12.8 Å². The van der Waals surface area contributed by atoms with Crippen molar-refractivity contribution in [2.24, 2.45) is 0 Å². The molecule has 2 aliphatic rings. The second-order valence-corrected chi connectivity index (χ2v) is 13.8. The van der Waals surface area contributed by atoms with Crippen LogP contribution in [0.15, 0.2) is 72.8 Å². The fourth-order valence-corrected chi connectivity index (χ4v) is 9.21. The molecule has 0 N–H and O–H groups in total. The Morgan fingerprint density at radius 3 is 1.06 bits per heavy atom. The van der Waals surface area contributed by atoms with Gasteiger partial charge in [-0.15, -0.1) is 0 Å². The molecule has 2 unspecified atom stereocenters. The second-order valence-electron chi connectivity index (χ2n) is 13.8. The number of benzene rings is 6. The van der Waals surface area contributed by atoms with Gasteiger partial charge in [0.1, 0.15) is 23.0 Å². The predicted molar refractivity (Wildman–Crippen MR) is 213 cm³/mol. The summed E-state index contributed by atoms with van der Waals surface area (Å²) in [5.41, 5.74) is 8.51. The maximum absolute atomic E-state index is 6.52. The van der Waals surface area contributed by atoms with Gasteiger partial charge in [0.25, 0.3) is 0 Å². The summed E-state index contributed by atoms with van der Waals surface area (Å²) in [5.74, 6) is 5.64. The number of rotatable bonds is 11. The van der Waals surface area contributed by atoms with E-state index in [0.717, 1.165) is 92.5 Å². The van der Waals surface area contributed by atoms with E-state index in [1.54, 1.807) is 56.9 Å². The average molecular weight is 727 g/mol. The highest BCUT2D eigenvalue weighted by Crippen LogP contribution is 2.62. The molecule has 0 bridgehead atoms. The van der Waals surface area contributed by atoms with Gasteiger partial charge in [-0.2, -0.15) is 0 Å². The molecule has 54 heavy (non-hydrogen) atoms. The number of aryl methyl sites for hydroxylation is 2. The van der Waals surface area contributed by atoms with E-state index in [1.165, 1.54) is 22.3 Å². The van der Waals surface area contributed by atoms with Crippen LogP contribution in [-0.4, -0.2) is 56.9 Å². The second kappa shape index (κ2) is 14.2. The summed E-state index contributed by atoms with van der Waals surface area (Å²) in [7, 11) is 13.7. The minimum atomic E-state index is 0.0310. The van der Waals surface area contributed by atoms with Crippen molar-refractivity contribution in [2.75, 3.05) is 56.9 Å². The Morgan fingerprint density at radius 2 is 0.741 bits per heavy atom. The number of methoxy groups -OCH3 is 8. The molecule has 0 aromatic heterocycles. The van der Waals surface area contributed by atoms with Gasteiger partial charge in [0.05, 0.1) is 56.9 Å². The van der Waals surface area contributed by atoms with E-state index < -0.39 is 0 Å². The van der Waals surface area contributed by atoms with E-state index in [-0.39, 0.29) is 11.8 Å². The zero-order chi connectivity index (χ0) is 37.7. The zero-order valence-electron chi connectivity index (χ0n) is 32.2. The lowest BCUT2D eigenvalue weighted by Crippen LogP contribution is -2.15. The first-order valence-corrected chi connectivity index (χ1v) is 18.3. The van der Waals surface area contributed by atoms with E-state index in [4.69, 9.17) is 37.9 Å². The van der Waals surface area contributed by atoms with Gasteiger partial charge in [-0.3, -0.25) is 0 Å². The Bertz CT molecular complexity index is 2210. The Labute approximate surface area is 316 Å². The van der Waals surface area contributed by atoms with Crippen LogP contribution in [0.1, 0.15) is 58.1 Å². The zero-order valence-corrected chi connectivity index (χ0v) is 32.2. The summed E-state index contributed by atoms with van der Waals surface area (Å²) in [6.45, 7) is 0. The van der Waals surface area contributed by atoms with Gasteiger partial charge in [-0.05, 0) is 95.1 Å². The van der Waals surface area contributed by atoms with Crippen LogP contribution in [0.3, 0.4) is 0 Å². The smallest absolute Gasteiger partial charge is 0.169 e. The largest absolute Gasteiger partial charge is 0.497 e. The summed E-state index contributed by atoms with van der Waals surface area (Å²) < 4.78 is 49.5. The minimum Gasteiger partial charge on any atom is -0.497 e. The quantitative estimate of drug-likeness (QED) is 0.131. The van der Waals surface area contributed by atoms with Gasteiger partial charge in [0, 0.05) is 44.9 Å². The molecular formula is C46H46O8. The molecule has 0 heterocycles. The van der Waals surface area contributed by atoms with Gasteiger partial charge >= 0.3 is 0 Å². The minimum absolute atomic E-state index is 0.0310. The molecular weight excluding hydrogens is 680 g/mol. The highest BCUT2D eigenvalue weighted by molar-refractivity contribution is 6.18. The Hall–Kier alpha value is -5.76. The van der Waals surface area contributed by atoms with Crippen LogP contribution in [0.25, 0.3) is 32.7 Å². The van der Waals surface area contributed by atoms with Crippen LogP contribution in [0.4, 0.5) is 0 Å². The number of ether oxygens (including phenoxy) is 8. The molecule has 2 aliphatic carbocycles. The van der Waals surface area contributed by atoms with Crippen LogP contribution in [0.2, 0.25) is 0 Å². The lowest BCUT2D eigenvalue weighted by molar-refractivity contribution is 0.347. The summed E-state index contributed by atoms with van der Waals surface area (Å²) in [6.07, 6.45) is 3.54. The molecule has 6 aromatic carbocycles. The molecule has 2 atom stereocenters. The maximum atomic E-state index is 6.52. The Morgan fingerprint density at radius 1 is 0.370 bits per heavy atom. The highest BCUT2D eigenvalue weighted by atomic mass is 16.5. The van der Waals surface area contributed by atoms with Gasteiger partial charge in [0.15, 0.2) is 23.0 Å². The first kappa shape index (κ1) is 35.3. The number of hydrogen-bond acceptors (Lipinski definition) is 8. The molecule has 0 spiro atoms. The lowest BCUT2D eigenvalue weighted by atomic mass is 9.73. The highest BCUT2D eigenvalue weighted by Gasteiger charge is 2.39. The average Bonchev–Trinajstić information content (AvgIpc) is 3.23. The fourth-order valence-electron chi connectivity index (χ4n) is 9.21. The molecule has 0 fully saturated rings. The monoisotopic (exact) mass is 726 g/mol. The lowest BCUT2D eigenvalue weighted by Gasteiger charge is -2.34. The SMILES string of the molecule is COc1ccc(C2CCc3ccc(OC)c4c(-c5c(OC)c(OC)c6c7c(ccc(OC)c57)CCC6c5ccc(OC)cc5)c(OC)c(OC)c2c34)cc1. The predicted octanol–water partition coefficient (Wildman–Crippen LogP) is 9.88. The first-order valence-electron chi connectivity index (χ1n) is 18.3. The van der Waals surface area contributed by atoms with Crippen molar-refractivity contribution in [2.45, 2.75) is 37.5 Å². The van der Waals surface area contributed by atoms with E-state index in [1.807, 2.05) is 24.3 Å². The van der Waals surface area contributed by atoms with Crippen LogP contribution in [0.5, 0.6) is 46.0 Å². The van der Waals surface area contributed by atoms with E-state index in [0.29, 0.717) is 23.0 Å². The third-order valence-corrected chi connectivity index (χ3v) is 11.5. The third-order valence-electron chi connectivity index (χ3n) is 11.5. The molecule has 0 radical (unpaired) electrons. The topological polar surface area (TPSA) is 73.8 Å². The summed E-state index contributed by atoms with van der Waals surface area (Å²) in [6, 6.07) is 25.1. The Kier molecular flexibility index (Phi) is 9.30. The first-order chi connectivity index (χ1) is 26.5. The summed E-state index contributed by atoms with van der Waals surface area (Å²) in [4.78, 5) is 0. The molecule has 0 amide bonds. The molecule has 8 rings (SSSR count). The van der Waals surface area contributed by atoms with Crippen LogP contribution in [0, 0.1) is 0 Å². The molecule has 6 aromatic rings. The van der Waals surface area contributed by atoms with E-state index >= 15 is 0 Å². The standard InChI is InChI=1S/C46H46O8/c1-47-29-17-9-25(10-18-29)31-21-13-27-15-23-33(49-3)39-35(27)37(31)43(51-5)45(53-7)41(39)42-40-34(50-4)24-16-28-14-22-32(26-11-19-30(48-2)20-12-26)38(36(28)40)44(52-6)46(42)54-8/h9-12,15-20,23-24,31-32H,13-14,21-22H2,1-8H3. The third kappa shape index (κ3) is 5.25. The van der Waals surface area contributed by atoms with Crippen molar-refractivity contribution < 1.29 is 37.9 Å². The van der Waals surface area contributed by atoms with Gasteiger partial charge in [-0.25, -0.2) is 0 Å². The molecule has 8 nitrogen and oxygen atoms in total. The van der Waals surface area contributed by atoms with E-state index in [2.05, 4.69) is 48.5 Å². The molecule has 278 valence electrons. The van der Waals surface area contributed by atoms with Crippen LogP contribution < -0.4 is 37.9 Å². The van der Waals surface area contributed by atoms with E-state index in [9.17, 15) is 0 Å². The molecule has 0 saturated carbocycles. The van der Waals surface area contributed by atoms with Crippen molar-refractivity contribution in [3.05, 3.63) is 106 Å². The summed E-state index contributed by atoms with van der Waals surface area (Å²) in [5, 5.41) is 4.02. The Balaban J connectivity index is 1.54. The fraction of sp³-hybridized carbons (Fsp3) is 0.304. The van der Waals surface area contributed by atoms with Crippen molar-refractivity contribution in [1.29, 1.82) is 0 Å². The molecule has 0 aliphatic heterocycles. The van der Waals surface area contributed by atoms with Crippen molar-refractivity contribution >= 4 is 21.5 Å². The summed E-state index contributed by atoms with van der Waals surface area (Å²) >= 11 is 0. The van der Waals surface area contributed by atoms with Gasteiger partial charge in [-0.1, -0.05) is 36.4 Å². The van der Waals surface area contributed by atoms with Crippen molar-refractivity contribution in [3.8, 4) is 57.1 Å². The number of hydrogen-bond donors (Lipinski definition) is 0. The van der Waals surface area contributed by atoms with Crippen molar-refractivity contribution in [1.82, 2.24) is 0 Å². The van der Waals surface area contributed by atoms with Crippen molar-refractivity contribution in [3.63, 3.8) is 0 Å². The maximum Gasteiger partial charge on any atom is 0.169 e. The molecule has 0 saturated heterocycles. The van der Waals surface area contributed by atoms with Gasteiger partial charge in [0.2, 0.25) is 0 Å². The normalized spacial score (nSPS) is 15.9. The molecule has 8 heteroatoms. The van der Waals surface area contributed by atoms with Gasteiger partial charge < -0.3 is 37.9 Å². The van der Waals surface area contributed by atoms with Crippen LogP contribution >= 0.6 is 0 Å².